The van der Waals surface area contributed by atoms with Crippen molar-refractivity contribution >= 4 is 22.9 Å². The van der Waals surface area contributed by atoms with Gasteiger partial charge in [0.25, 0.3) is 5.56 Å². The number of urea groups is 1. The predicted molar refractivity (Wildman–Crippen MR) is 139 cm³/mol. The van der Waals surface area contributed by atoms with Crippen LogP contribution in [0.5, 0.6) is 5.88 Å². The van der Waals surface area contributed by atoms with E-state index in [0.29, 0.717) is 81.8 Å². The number of rotatable bonds is 11. The second-order valence-corrected chi connectivity index (χ2v) is 8.44. The Balaban J connectivity index is 1.52. The molecule has 1 aliphatic rings. The summed E-state index contributed by atoms with van der Waals surface area (Å²) >= 11 is 0. The maximum atomic E-state index is 13.4. The average molecular weight is 512 g/mol. The van der Waals surface area contributed by atoms with Gasteiger partial charge in [0.2, 0.25) is 5.88 Å². The Hall–Kier alpha value is -3.77. The molecular weight excluding hydrogens is 478 g/mol. The Morgan fingerprint density at radius 1 is 1.14 bits per heavy atom. The average Bonchev–Trinajstić information content (AvgIpc) is 2.95. The van der Waals surface area contributed by atoms with Gasteiger partial charge >= 0.3 is 6.03 Å². The number of nitrogens with one attached hydrogen (secondary N) is 2. The van der Waals surface area contributed by atoms with Crippen LogP contribution < -0.4 is 20.9 Å². The molecule has 4 heterocycles. The predicted octanol–water partition coefficient (Wildman–Crippen LogP) is 1.74. The molecule has 198 valence electrons. The molecule has 12 heteroatoms. The third-order valence-electron chi connectivity index (χ3n) is 5.87. The number of aromatic nitrogens is 4. The molecule has 0 spiro atoms. The number of anilines is 1. The summed E-state index contributed by atoms with van der Waals surface area (Å²) in [4.78, 5) is 40.7. The van der Waals surface area contributed by atoms with Crippen molar-refractivity contribution in [2.24, 2.45) is 0 Å². The molecule has 0 bridgehead atoms. The molecule has 37 heavy (non-hydrogen) atoms. The van der Waals surface area contributed by atoms with Crippen molar-refractivity contribution in [1.29, 1.82) is 0 Å². The van der Waals surface area contributed by atoms with Crippen LogP contribution in [0.4, 0.5) is 10.6 Å². The molecule has 0 aromatic carbocycles. The molecule has 0 saturated carbocycles. The van der Waals surface area contributed by atoms with Gasteiger partial charge in [-0.2, -0.15) is 0 Å². The van der Waals surface area contributed by atoms with E-state index >= 15 is 0 Å². The molecule has 3 aromatic rings. The van der Waals surface area contributed by atoms with E-state index in [1.54, 1.807) is 35.0 Å². The van der Waals surface area contributed by atoms with Gasteiger partial charge in [0, 0.05) is 57.2 Å². The fourth-order valence-electron chi connectivity index (χ4n) is 3.92. The van der Waals surface area contributed by atoms with E-state index in [1.807, 2.05) is 19.1 Å². The van der Waals surface area contributed by atoms with Crippen molar-refractivity contribution in [2.45, 2.75) is 19.9 Å². The number of amides is 2. The molecule has 0 atom stereocenters. The van der Waals surface area contributed by atoms with Crippen molar-refractivity contribution < 1.29 is 19.0 Å². The van der Waals surface area contributed by atoms with Crippen LogP contribution in [0.1, 0.15) is 13.3 Å². The molecule has 1 saturated heterocycles. The molecule has 1 fully saturated rings. The van der Waals surface area contributed by atoms with E-state index in [-0.39, 0.29) is 17.4 Å². The van der Waals surface area contributed by atoms with Gasteiger partial charge in [0.05, 0.1) is 44.3 Å². The van der Waals surface area contributed by atoms with Gasteiger partial charge in [-0.25, -0.2) is 14.8 Å². The van der Waals surface area contributed by atoms with Crippen LogP contribution in [0.25, 0.3) is 22.3 Å². The second kappa shape index (κ2) is 13.0. The molecule has 1 aliphatic heterocycles. The Kier molecular flexibility index (Phi) is 9.22. The summed E-state index contributed by atoms with van der Waals surface area (Å²) in [5, 5.41) is 5.93. The molecule has 3 aromatic heterocycles. The van der Waals surface area contributed by atoms with Crippen LogP contribution >= 0.6 is 0 Å². The number of nitrogens with zero attached hydrogens (tertiary/aromatic N) is 5. The van der Waals surface area contributed by atoms with Crippen molar-refractivity contribution in [3.8, 4) is 17.1 Å². The monoisotopic (exact) mass is 511 g/mol. The molecule has 2 amide bonds. The number of pyridine rings is 2. The second-order valence-electron chi connectivity index (χ2n) is 8.44. The molecule has 0 unspecified atom stereocenters. The van der Waals surface area contributed by atoms with Crippen LogP contribution in [0.15, 0.2) is 35.4 Å². The maximum Gasteiger partial charge on any atom is 0.317 e. The van der Waals surface area contributed by atoms with E-state index in [2.05, 4.69) is 25.6 Å². The van der Waals surface area contributed by atoms with Crippen LogP contribution in [-0.4, -0.2) is 90.2 Å². The number of morpholine rings is 1. The molecular formula is C25H33N7O5. The zero-order valence-electron chi connectivity index (χ0n) is 21.2. The Bertz CT molecular complexity index is 1240. The molecule has 4 rings (SSSR count). The largest absolute Gasteiger partial charge is 0.481 e. The highest BCUT2D eigenvalue weighted by molar-refractivity contribution is 5.80. The van der Waals surface area contributed by atoms with Gasteiger partial charge in [-0.1, -0.05) is 6.92 Å². The first kappa shape index (κ1) is 26.3. The van der Waals surface area contributed by atoms with Gasteiger partial charge in [0.1, 0.15) is 5.52 Å². The van der Waals surface area contributed by atoms with Gasteiger partial charge in [-0.3, -0.25) is 9.78 Å². The van der Waals surface area contributed by atoms with E-state index in [9.17, 15) is 9.59 Å². The number of fused-ring (bicyclic) bond motifs is 1. The Labute approximate surface area is 215 Å². The van der Waals surface area contributed by atoms with Crippen LogP contribution in [-0.2, 0) is 16.0 Å². The third kappa shape index (κ3) is 6.71. The summed E-state index contributed by atoms with van der Waals surface area (Å²) in [6, 6.07) is 5.31. The van der Waals surface area contributed by atoms with Crippen molar-refractivity contribution in [3.63, 3.8) is 0 Å². The first-order valence-electron chi connectivity index (χ1n) is 12.4. The molecule has 0 radical (unpaired) electrons. The fourth-order valence-corrected chi connectivity index (χ4v) is 3.92. The number of carbonyl (C=O) groups is 1. The highest BCUT2D eigenvalue weighted by atomic mass is 16.5. The quantitative estimate of drug-likeness (QED) is 0.369. The summed E-state index contributed by atoms with van der Waals surface area (Å²) in [5.74, 6) is 0.706. The minimum atomic E-state index is -0.267. The summed E-state index contributed by atoms with van der Waals surface area (Å²) in [6.45, 7) is 6.32. The lowest BCUT2D eigenvalue weighted by molar-refractivity contribution is 0.0533. The molecule has 12 nitrogen and oxygen atoms in total. The van der Waals surface area contributed by atoms with Crippen LogP contribution in [0.3, 0.4) is 0 Å². The minimum Gasteiger partial charge on any atom is -0.481 e. The number of hydrogen-bond donors (Lipinski definition) is 2. The molecule has 0 aliphatic carbocycles. The zero-order chi connectivity index (χ0) is 26.0. The van der Waals surface area contributed by atoms with Crippen LogP contribution in [0, 0.1) is 0 Å². The van der Waals surface area contributed by atoms with E-state index in [1.165, 1.54) is 0 Å². The first-order valence-corrected chi connectivity index (χ1v) is 12.4. The normalized spacial score (nSPS) is 13.5. The molecule has 2 N–H and O–H groups in total. The van der Waals surface area contributed by atoms with Gasteiger partial charge in [-0.15, -0.1) is 0 Å². The highest BCUT2D eigenvalue weighted by Crippen LogP contribution is 2.22. The first-order chi connectivity index (χ1) is 18.1. The number of carbonyl (C=O) groups excluding carboxylic acids is 1. The van der Waals surface area contributed by atoms with Crippen LogP contribution in [0.2, 0.25) is 0 Å². The van der Waals surface area contributed by atoms with Gasteiger partial charge in [-0.05, 0) is 18.6 Å². The number of hydrogen-bond acceptors (Lipinski definition) is 9. The lowest BCUT2D eigenvalue weighted by atomic mass is 10.2. The Morgan fingerprint density at radius 2 is 1.97 bits per heavy atom. The van der Waals surface area contributed by atoms with E-state index in [0.717, 1.165) is 12.0 Å². The summed E-state index contributed by atoms with van der Waals surface area (Å²) in [5.41, 5.74) is 2.41. The highest BCUT2D eigenvalue weighted by Gasteiger charge is 2.17. The lowest BCUT2D eigenvalue weighted by Crippen LogP contribution is -2.47. The van der Waals surface area contributed by atoms with Crippen molar-refractivity contribution in [2.75, 3.05) is 65.0 Å². The van der Waals surface area contributed by atoms with Crippen molar-refractivity contribution in [3.05, 3.63) is 40.9 Å². The fraction of sp³-hybridized carbons (Fsp3) is 0.480. The smallest absolute Gasteiger partial charge is 0.317 e. The standard InChI is InChI=1S/C25H33N7O5/c1-3-11-36-14-10-32-21-15-19(18-4-5-22(35-2)29-16-18)28-17-20(21)30-23(24(32)33)26-6-7-27-25(34)31-8-12-37-13-9-31/h4-5,15-17H,3,6-14H2,1-2H3,(H,26,30)(H,27,34). The summed E-state index contributed by atoms with van der Waals surface area (Å²) < 4.78 is 17.7. The summed E-state index contributed by atoms with van der Waals surface area (Å²) in [6.07, 6.45) is 4.21. The number of ether oxygens (including phenoxy) is 3. The SMILES string of the molecule is CCCOCCn1c(=O)c(NCCNC(=O)N2CCOCC2)nc2cnc(-c3ccc(OC)nc3)cc21. The summed E-state index contributed by atoms with van der Waals surface area (Å²) in [7, 11) is 1.56. The van der Waals surface area contributed by atoms with E-state index < -0.39 is 0 Å². The number of methoxy groups -OCH3 is 1. The van der Waals surface area contributed by atoms with Crippen molar-refractivity contribution in [1.82, 2.24) is 29.7 Å². The zero-order valence-corrected chi connectivity index (χ0v) is 21.2. The van der Waals surface area contributed by atoms with E-state index in [4.69, 9.17) is 14.2 Å². The minimum absolute atomic E-state index is 0.146. The third-order valence-corrected chi connectivity index (χ3v) is 5.87. The lowest BCUT2D eigenvalue weighted by Gasteiger charge is -2.26. The van der Waals surface area contributed by atoms with Gasteiger partial charge in [0.15, 0.2) is 5.82 Å². The maximum absolute atomic E-state index is 13.4. The topological polar surface area (TPSA) is 133 Å². The van der Waals surface area contributed by atoms with Gasteiger partial charge < -0.3 is 34.3 Å². The Morgan fingerprint density at radius 3 is 2.70 bits per heavy atom.